The van der Waals surface area contributed by atoms with Gasteiger partial charge in [-0.2, -0.15) is 0 Å². The molecule has 0 spiro atoms. The predicted molar refractivity (Wildman–Crippen MR) is 129 cm³/mol. The molecule has 0 saturated carbocycles. The van der Waals surface area contributed by atoms with Gasteiger partial charge in [-0.25, -0.2) is 4.79 Å². The lowest BCUT2D eigenvalue weighted by atomic mass is 10.0. The number of thioether (sulfide) groups is 2. The zero-order valence-corrected chi connectivity index (χ0v) is 19.8. The van der Waals surface area contributed by atoms with E-state index >= 15 is 0 Å². The van der Waals surface area contributed by atoms with Crippen LogP contribution in [0, 0.1) is 10.1 Å². The number of carbonyl (C=O) groups excluding carboxylic acids is 3. The molecule has 176 valence electrons. The van der Waals surface area contributed by atoms with E-state index in [4.69, 9.17) is 4.74 Å². The number of amides is 2. The fourth-order valence-electron chi connectivity index (χ4n) is 3.67. The molecule has 11 heteroatoms. The van der Waals surface area contributed by atoms with Crippen LogP contribution in [0.5, 0.6) is 0 Å². The third-order valence-electron chi connectivity index (χ3n) is 5.41. The van der Waals surface area contributed by atoms with Crippen molar-refractivity contribution in [3.8, 4) is 0 Å². The predicted octanol–water partition coefficient (Wildman–Crippen LogP) is 2.86. The Morgan fingerprint density at radius 1 is 1.18 bits per heavy atom. The number of nitro groups is 1. The van der Waals surface area contributed by atoms with Crippen LogP contribution >= 0.6 is 23.5 Å². The van der Waals surface area contributed by atoms with Gasteiger partial charge >= 0.3 is 5.97 Å². The molecule has 2 atom stereocenters. The third-order valence-corrected chi connectivity index (χ3v) is 7.71. The maximum Gasteiger partial charge on any atom is 0.356 e. The highest BCUT2D eigenvalue weighted by Gasteiger charge is 2.54. The van der Waals surface area contributed by atoms with E-state index in [0.29, 0.717) is 11.3 Å². The van der Waals surface area contributed by atoms with Crippen LogP contribution in [-0.4, -0.2) is 51.0 Å². The number of nitrogens with one attached hydrogen (secondary N) is 1. The molecule has 34 heavy (non-hydrogen) atoms. The van der Waals surface area contributed by atoms with Gasteiger partial charge in [0, 0.05) is 22.8 Å². The monoisotopic (exact) mass is 499 g/mol. The van der Waals surface area contributed by atoms with Gasteiger partial charge in [0.1, 0.15) is 23.7 Å². The number of ether oxygens (including phenoxy) is 1. The number of β-lactam (4-membered cyclic amide) rings is 1. The van der Waals surface area contributed by atoms with Crippen LogP contribution in [0.1, 0.15) is 11.1 Å². The molecule has 2 aromatic carbocycles. The van der Waals surface area contributed by atoms with Crippen molar-refractivity contribution in [1.82, 2.24) is 10.2 Å². The summed E-state index contributed by atoms with van der Waals surface area (Å²) < 4.78 is 5.43. The molecule has 2 aliphatic heterocycles. The molecule has 4 rings (SSSR count). The standard InChI is InChI=1S/C23H21N3O6S2/c1-33-17-13-34-22-19(24-18(27)11-14-5-3-2-4-6-14)21(28)25(22)20(17)23(29)32-12-15-7-9-16(10-8-15)26(30)31/h2-10,19,22H,11-13H2,1H3,(H,24,27)/t19?,22-/m1/s1. The molecule has 2 amide bonds. The number of non-ortho nitro benzene ring substituents is 1. The summed E-state index contributed by atoms with van der Waals surface area (Å²) in [7, 11) is 0. The summed E-state index contributed by atoms with van der Waals surface area (Å²) in [5.74, 6) is -0.738. The second-order valence-electron chi connectivity index (χ2n) is 7.59. The Hall–Kier alpha value is -3.31. The minimum absolute atomic E-state index is 0.0545. The normalized spacial score (nSPS) is 19.2. The first kappa shape index (κ1) is 23.8. The van der Waals surface area contributed by atoms with Crippen LogP contribution in [-0.2, 0) is 32.1 Å². The van der Waals surface area contributed by atoms with E-state index < -0.39 is 16.9 Å². The van der Waals surface area contributed by atoms with Gasteiger partial charge in [-0.3, -0.25) is 24.6 Å². The van der Waals surface area contributed by atoms with Crippen molar-refractivity contribution in [2.24, 2.45) is 0 Å². The molecule has 2 aliphatic rings. The largest absolute Gasteiger partial charge is 0.456 e. The van der Waals surface area contributed by atoms with E-state index in [1.807, 2.05) is 36.6 Å². The highest BCUT2D eigenvalue weighted by atomic mass is 32.2. The van der Waals surface area contributed by atoms with Gasteiger partial charge in [-0.1, -0.05) is 30.3 Å². The summed E-state index contributed by atoms with van der Waals surface area (Å²) in [5, 5.41) is 13.2. The Bertz CT molecular complexity index is 1150. The lowest BCUT2D eigenvalue weighted by Crippen LogP contribution is -2.70. The molecule has 1 fully saturated rings. The van der Waals surface area contributed by atoms with E-state index in [9.17, 15) is 24.5 Å². The number of esters is 1. The molecule has 1 saturated heterocycles. The summed E-state index contributed by atoms with van der Waals surface area (Å²) in [6.07, 6.45) is 1.99. The van der Waals surface area contributed by atoms with Crippen LogP contribution in [0.25, 0.3) is 0 Å². The number of nitro benzene ring substituents is 1. The smallest absolute Gasteiger partial charge is 0.356 e. The van der Waals surface area contributed by atoms with Crippen LogP contribution in [0.2, 0.25) is 0 Å². The van der Waals surface area contributed by atoms with Crippen molar-refractivity contribution in [1.29, 1.82) is 0 Å². The Morgan fingerprint density at radius 2 is 1.88 bits per heavy atom. The van der Waals surface area contributed by atoms with E-state index in [0.717, 1.165) is 10.5 Å². The van der Waals surface area contributed by atoms with E-state index in [2.05, 4.69) is 5.32 Å². The lowest BCUT2D eigenvalue weighted by molar-refractivity contribution is -0.384. The number of rotatable bonds is 8. The van der Waals surface area contributed by atoms with Gasteiger partial charge in [0.2, 0.25) is 5.91 Å². The summed E-state index contributed by atoms with van der Waals surface area (Å²) in [6, 6.07) is 14.2. The summed E-state index contributed by atoms with van der Waals surface area (Å²) >= 11 is 2.86. The molecular weight excluding hydrogens is 478 g/mol. The number of hydrogen-bond donors (Lipinski definition) is 1. The van der Waals surface area contributed by atoms with Gasteiger partial charge in [-0.15, -0.1) is 23.5 Å². The Labute approximate surface area is 204 Å². The highest BCUT2D eigenvalue weighted by Crippen LogP contribution is 2.43. The molecule has 9 nitrogen and oxygen atoms in total. The summed E-state index contributed by atoms with van der Waals surface area (Å²) in [4.78, 5) is 50.7. The van der Waals surface area contributed by atoms with Crippen molar-refractivity contribution in [3.05, 3.63) is 86.4 Å². The fourth-order valence-corrected chi connectivity index (χ4v) is 5.92. The molecule has 0 aliphatic carbocycles. The number of nitrogens with zero attached hydrogens (tertiary/aromatic N) is 2. The lowest BCUT2D eigenvalue weighted by Gasteiger charge is -2.49. The zero-order chi connectivity index (χ0) is 24.2. The van der Waals surface area contributed by atoms with Gasteiger partial charge in [0.25, 0.3) is 11.6 Å². The summed E-state index contributed by atoms with van der Waals surface area (Å²) in [5.41, 5.74) is 1.57. The van der Waals surface area contributed by atoms with Crippen LogP contribution in [0.3, 0.4) is 0 Å². The van der Waals surface area contributed by atoms with Crippen molar-refractivity contribution < 1.29 is 24.0 Å². The highest BCUT2D eigenvalue weighted by molar-refractivity contribution is 8.05. The van der Waals surface area contributed by atoms with Gasteiger partial charge in [0.05, 0.1) is 11.3 Å². The van der Waals surface area contributed by atoms with E-state index in [1.54, 1.807) is 0 Å². The van der Waals surface area contributed by atoms with Crippen LogP contribution in [0.15, 0.2) is 65.2 Å². The van der Waals surface area contributed by atoms with Crippen molar-refractivity contribution in [3.63, 3.8) is 0 Å². The second-order valence-corrected chi connectivity index (χ2v) is 9.60. The number of benzene rings is 2. The average Bonchev–Trinajstić information content (AvgIpc) is 2.85. The molecule has 0 radical (unpaired) electrons. The van der Waals surface area contributed by atoms with Crippen molar-refractivity contribution >= 4 is 47.0 Å². The van der Waals surface area contributed by atoms with Crippen LogP contribution < -0.4 is 5.32 Å². The fraction of sp³-hybridized carbons (Fsp3) is 0.261. The zero-order valence-electron chi connectivity index (χ0n) is 18.1. The molecular formula is C23H21N3O6S2. The summed E-state index contributed by atoms with van der Waals surface area (Å²) in [6.45, 7) is -0.0843. The first-order chi connectivity index (χ1) is 16.4. The first-order valence-corrected chi connectivity index (χ1v) is 12.6. The van der Waals surface area contributed by atoms with E-state index in [-0.39, 0.29) is 41.6 Å². The second kappa shape index (κ2) is 10.3. The maximum absolute atomic E-state index is 12.9. The number of hydrogen-bond acceptors (Lipinski definition) is 8. The molecule has 0 aromatic heterocycles. The Balaban J connectivity index is 1.41. The third kappa shape index (κ3) is 4.95. The van der Waals surface area contributed by atoms with Gasteiger partial charge < -0.3 is 10.1 Å². The van der Waals surface area contributed by atoms with Crippen molar-refractivity contribution in [2.45, 2.75) is 24.4 Å². The average molecular weight is 500 g/mol. The van der Waals surface area contributed by atoms with Gasteiger partial charge in [0.15, 0.2) is 0 Å². The van der Waals surface area contributed by atoms with Crippen molar-refractivity contribution in [2.75, 3.05) is 12.0 Å². The minimum atomic E-state index is -0.706. The Kier molecular flexibility index (Phi) is 7.23. The Morgan fingerprint density at radius 3 is 2.53 bits per heavy atom. The molecule has 2 aromatic rings. The molecule has 1 N–H and O–H groups in total. The maximum atomic E-state index is 12.9. The quantitative estimate of drug-likeness (QED) is 0.255. The van der Waals surface area contributed by atoms with E-state index in [1.165, 1.54) is 52.7 Å². The van der Waals surface area contributed by atoms with Crippen LogP contribution in [0.4, 0.5) is 5.69 Å². The van der Waals surface area contributed by atoms with Gasteiger partial charge in [-0.05, 0) is 29.5 Å². The molecule has 0 bridgehead atoms. The molecule has 2 heterocycles. The number of fused-ring (bicyclic) bond motifs is 1. The SMILES string of the molecule is CSC1=C(C(=O)OCc2ccc([N+](=O)[O-])cc2)N2C(=O)C(NC(=O)Cc3ccccc3)[C@H]2SC1. The molecule has 1 unspecified atom stereocenters. The number of carbonyl (C=O) groups is 3. The first-order valence-electron chi connectivity index (χ1n) is 10.3. The topological polar surface area (TPSA) is 119 Å². The minimum Gasteiger partial charge on any atom is -0.456 e.